The number of hydrogen-bond acceptors (Lipinski definition) is 3. The van der Waals surface area contributed by atoms with Crippen LogP contribution in [0.5, 0.6) is 5.75 Å². The van der Waals surface area contributed by atoms with Crippen LogP contribution in [0.3, 0.4) is 0 Å². The van der Waals surface area contributed by atoms with Gasteiger partial charge in [-0.25, -0.2) is 4.79 Å². The maximum atomic E-state index is 10.8. The van der Waals surface area contributed by atoms with Gasteiger partial charge in [0.05, 0.1) is 12.6 Å². The van der Waals surface area contributed by atoms with Crippen LogP contribution in [-0.4, -0.2) is 13.2 Å². The van der Waals surface area contributed by atoms with Crippen molar-refractivity contribution in [2.24, 2.45) is 4.99 Å². The van der Waals surface area contributed by atoms with Gasteiger partial charge in [-0.1, -0.05) is 29.8 Å². The molecule has 102 valence electrons. The molecule has 0 heterocycles. The molecule has 0 aromatic heterocycles. The molecule has 0 amide bonds. The van der Waals surface area contributed by atoms with Crippen LogP contribution >= 0.6 is 15.9 Å². The first-order chi connectivity index (χ1) is 9.04. The Bertz CT molecular complexity index is 529. The van der Waals surface area contributed by atoms with Crippen LogP contribution in [0.25, 0.3) is 0 Å². The van der Waals surface area contributed by atoms with Gasteiger partial charge < -0.3 is 4.74 Å². The normalized spacial score (nSPS) is 16.7. The number of hydrogen-bond donors (Lipinski definition) is 0. The van der Waals surface area contributed by atoms with Crippen molar-refractivity contribution in [1.82, 2.24) is 0 Å². The summed E-state index contributed by atoms with van der Waals surface area (Å²) in [5, 5.41) is 0. The van der Waals surface area contributed by atoms with Crippen molar-refractivity contribution in [3.05, 3.63) is 27.7 Å². The van der Waals surface area contributed by atoms with Gasteiger partial charge in [-0.3, -0.25) is 0 Å². The highest BCUT2D eigenvalue weighted by Gasteiger charge is 2.41. The first kappa shape index (κ1) is 14.3. The second kappa shape index (κ2) is 5.48. The SMILES string of the molecule is COc1cc(Br)cc(C2(N=C=O)CCC2)c1C(C)C. The lowest BCUT2D eigenvalue weighted by Crippen LogP contribution is -2.33. The van der Waals surface area contributed by atoms with Gasteiger partial charge in [0, 0.05) is 10.0 Å². The topological polar surface area (TPSA) is 38.7 Å². The molecule has 1 aromatic rings. The highest BCUT2D eigenvalue weighted by molar-refractivity contribution is 9.10. The first-order valence-corrected chi connectivity index (χ1v) is 7.30. The van der Waals surface area contributed by atoms with E-state index in [0.29, 0.717) is 5.92 Å². The highest BCUT2D eigenvalue weighted by atomic mass is 79.9. The Morgan fingerprint density at radius 1 is 1.42 bits per heavy atom. The number of rotatable bonds is 4. The van der Waals surface area contributed by atoms with Crippen molar-refractivity contribution in [2.75, 3.05) is 7.11 Å². The predicted octanol–water partition coefficient (Wildman–Crippen LogP) is 4.30. The number of methoxy groups -OCH3 is 1. The lowest BCUT2D eigenvalue weighted by molar-refractivity contribution is 0.252. The highest BCUT2D eigenvalue weighted by Crippen LogP contribution is 2.49. The van der Waals surface area contributed by atoms with E-state index in [1.54, 1.807) is 13.2 Å². The number of halogens is 1. The van der Waals surface area contributed by atoms with E-state index in [-0.39, 0.29) is 0 Å². The van der Waals surface area contributed by atoms with Gasteiger partial charge in [-0.2, -0.15) is 4.99 Å². The Balaban J connectivity index is 2.67. The van der Waals surface area contributed by atoms with E-state index < -0.39 is 5.54 Å². The summed E-state index contributed by atoms with van der Waals surface area (Å²) in [4.78, 5) is 14.9. The quantitative estimate of drug-likeness (QED) is 0.612. The molecular weight excluding hydrogens is 306 g/mol. The molecule has 1 aliphatic carbocycles. The largest absolute Gasteiger partial charge is 0.496 e. The molecule has 1 aromatic carbocycles. The molecule has 0 aliphatic heterocycles. The number of carbonyl (C=O) groups excluding carboxylic acids is 1. The summed E-state index contributed by atoms with van der Waals surface area (Å²) in [5.74, 6) is 1.17. The molecule has 4 heteroatoms. The minimum Gasteiger partial charge on any atom is -0.496 e. The van der Waals surface area contributed by atoms with Crippen LogP contribution in [0.15, 0.2) is 21.6 Å². The summed E-state index contributed by atoms with van der Waals surface area (Å²) < 4.78 is 6.45. The molecular formula is C15H18BrNO2. The summed E-state index contributed by atoms with van der Waals surface area (Å²) in [5.41, 5.74) is 1.85. The zero-order valence-electron chi connectivity index (χ0n) is 11.5. The van der Waals surface area contributed by atoms with Gasteiger partial charge in [0.25, 0.3) is 0 Å². The fraction of sp³-hybridized carbons (Fsp3) is 0.533. The Hall–Kier alpha value is -1.12. The number of nitrogens with zero attached hydrogens (tertiary/aromatic N) is 1. The summed E-state index contributed by atoms with van der Waals surface area (Å²) in [6.07, 6.45) is 4.65. The molecule has 0 saturated heterocycles. The summed E-state index contributed by atoms with van der Waals surface area (Å²) in [7, 11) is 1.67. The van der Waals surface area contributed by atoms with E-state index in [1.165, 1.54) is 0 Å². The van der Waals surface area contributed by atoms with Crippen LogP contribution in [-0.2, 0) is 10.3 Å². The zero-order chi connectivity index (χ0) is 14.0. The van der Waals surface area contributed by atoms with E-state index in [4.69, 9.17) is 4.74 Å². The van der Waals surface area contributed by atoms with Crippen LogP contribution in [0.2, 0.25) is 0 Å². The molecule has 3 nitrogen and oxygen atoms in total. The van der Waals surface area contributed by atoms with Gasteiger partial charge in [-0.15, -0.1) is 0 Å². The molecule has 1 saturated carbocycles. The summed E-state index contributed by atoms with van der Waals surface area (Å²) in [6.45, 7) is 4.26. The maximum absolute atomic E-state index is 10.8. The molecule has 0 spiro atoms. The van der Waals surface area contributed by atoms with Crippen molar-refractivity contribution >= 4 is 22.0 Å². The number of aliphatic imine (C=N–C) groups is 1. The van der Waals surface area contributed by atoms with Gasteiger partial charge in [0.1, 0.15) is 5.75 Å². The lowest BCUT2D eigenvalue weighted by atomic mass is 9.69. The maximum Gasteiger partial charge on any atom is 0.235 e. The van der Waals surface area contributed by atoms with Gasteiger partial charge in [0.15, 0.2) is 0 Å². The minimum atomic E-state index is -0.390. The summed E-state index contributed by atoms with van der Waals surface area (Å²) >= 11 is 3.51. The first-order valence-electron chi connectivity index (χ1n) is 6.51. The Morgan fingerprint density at radius 3 is 2.53 bits per heavy atom. The van der Waals surface area contributed by atoms with E-state index in [0.717, 1.165) is 40.6 Å². The van der Waals surface area contributed by atoms with Crippen LogP contribution in [0, 0.1) is 0 Å². The number of benzene rings is 1. The van der Waals surface area contributed by atoms with Gasteiger partial charge in [-0.05, 0) is 42.9 Å². The van der Waals surface area contributed by atoms with Crippen molar-refractivity contribution < 1.29 is 9.53 Å². The average molecular weight is 324 g/mol. The van der Waals surface area contributed by atoms with E-state index in [2.05, 4.69) is 40.8 Å². The molecule has 2 rings (SSSR count). The number of isocyanates is 1. The molecule has 1 fully saturated rings. The van der Waals surface area contributed by atoms with Gasteiger partial charge in [0.2, 0.25) is 6.08 Å². The Morgan fingerprint density at radius 2 is 2.11 bits per heavy atom. The van der Waals surface area contributed by atoms with Crippen LogP contribution in [0.1, 0.15) is 50.2 Å². The average Bonchev–Trinajstić information content (AvgIpc) is 2.32. The van der Waals surface area contributed by atoms with Crippen LogP contribution < -0.4 is 4.74 Å². The predicted molar refractivity (Wildman–Crippen MR) is 78.4 cm³/mol. The fourth-order valence-corrected chi connectivity index (χ4v) is 3.22. The third-order valence-corrected chi connectivity index (χ3v) is 4.30. The standard InChI is InChI=1S/C15H18BrNO2/c1-10(2)14-12(7-11(16)8-13(14)19-3)15(17-9-18)5-4-6-15/h7-8,10H,4-6H2,1-3H3. The minimum absolute atomic E-state index is 0.317. The molecule has 1 aliphatic rings. The zero-order valence-corrected chi connectivity index (χ0v) is 13.1. The molecule has 0 bridgehead atoms. The third-order valence-electron chi connectivity index (χ3n) is 3.85. The smallest absolute Gasteiger partial charge is 0.235 e. The molecule has 19 heavy (non-hydrogen) atoms. The van der Waals surface area contributed by atoms with Crippen molar-refractivity contribution in [1.29, 1.82) is 0 Å². The van der Waals surface area contributed by atoms with E-state index in [9.17, 15) is 4.79 Å². The van der Waals surface area contributed by atoms with Crippen molar-refractivity contribution in [2.45, 2.75) is 44.6 Å². The molecule has 0 radical (unpaired) electrons. The van der Waals surface area contributed by atoms with E-state index >= 15 is 0 Å². The monoisotopic (exact) mass is 323 g/mol. The molecule has 0 N–H and O–H groups in total. The second-order valence-corrected chi connectivity index (χ2v) is 6.23. The second-order valence-electron chi connectivity index (χ2n) is 5.31. The van der Waals surface area contributed by atoms with Crippen molar-refractivity contribution in [3.8, 4) is 5.75 Å². The van der Waals surface area contributed by atoms with Crippen LogP contribution in [0.4, 0.5) is 0 Å². The third kappa shape index (κ3) is 2.47. The molecule has 0 unspecified atom stereocenters. The fourth-order valence-electron chi connectivity index (χ4n) is 2.78. The lowest BCUT2D eigenvalue weighted by Gasteiger charge is -2.39. The van der Waals surface area contributed by atoms with Crippen molar-refractivity contribution in [3.63, 3.8) is 0 Å². The van der Waals surface area contributed by atoms with E-state index in [1.807, 2.05) is 6.07 Å². The Labute approximate surface area is 122 Å². The summed E-state index contributed by atoms with van der Waals surface area (Å²) in [6, 6.07) is 4.04. The Kier molecular flexibility index (Phi) is 4.12. The molecule has 0 atom stereocenters. The van der Waals surface area contributed by atoms with Gasteiger partial charge >= 0.3 is 0 Å². The number of ether oxygens (including phenoxy) is 1.